The van der Waals surface area contributed by atoms with Crippen molar-refractivity contribution in [2.75, 3.05) is 5.32 Å². The fourth-order valence-electron chi connectivity index (χ4n) is 2.58. The van der Waals surface area contributed by atoms with Gasteiger partial charge in [0.25, 0.3) is 5.91 Å². The number of thioether (sulfide) groups is 1. The third-order valence-corrected chi connectivity index (χ3v) is 5.85. The Hall–Kier alpha value is -2.97. The quantitative estimate of drug-likeness (QED) is 0.474. The number of amides is 1. The Morgan fingerprint density at radius 3 is 2.57 bits per heavy atom. The van der Waals surface area contributed by atoms with Crippen molar-refractivity contribution in [1.82, 2.24) is 19.7 Å². The van der Waals surface area contributed by atoms with Gasteiger partial charge in [0.15, 0.2) is 0 Å². The third-order valence-electron chi connectivity index (χ3n) is 3.98. The molecule has 0 atom stereocenters. The van der Waals surface area contributed by atoms with E-state index in [9.17, 15) is 4.79 Å². The maximum Gasteiger partial charge on any atom is 0.255 e. The second-order valence-electron chi connectivity index (χ2n) is 6.01. The monoisotopic (exact) mass is 407 g/mol. The van der Waals surface area contributed by atoms with Crippen molar-refractivity contribution >= 4 is 34.7 Å². The fourth-order valence-corrected chi connectivity index (χ4v) is 4.09. The summed E-state index contributed by atoms with van der Waals surface area (Å²) in [6.45, 7) is 2.01. The van der Waals surface area contributed by atoms with Gasteiger partial charge in [0.1, 0.15) is 12.7 Å². The van der Waals surface area contributed by atoms with Crippen molar-refractivity contribution in [2.24, 2.45) is 0 Å². The van der Waals surface area contributed by atoms with Gasteiger partial charge >= 0.3 is 0 Å². The summed E-state index contributed by atoms with van der Waals surface area (Å²) in [5.41, 5.74) is 3.32. The van der Waals surface area contributed by atoms with Gasteiger partial charge in [-0.25, -0.2) is 14.6 Å². The number of aromatic nitrogens is 4. The van der Waals surface area contributed by atoms with E-state index in [0.29, 0.717) is 5.56 Å². The molecule has 0 unspecified atom stereocenters. The van der Waals surface area contributed by atoms with E-state index in [1.54, 1.807) is 34.1 Å². The first-order chi connectivity index (χ1) is 13.7. The molecule has 6 nitrogen and oxygen atoms in total. The zero-order valence-electron chi connectivity index (χ0n) is 15.1. The fraction of sp³-hybridized carbons (Fsp3) is 0.100. The average Bonchev–Trinajstić information content (AvgIpc) is 3.39. The Kier molecular flexibility index (Phi) is 5.50. The van der Waals surface area contributed by atoms with Crippen LogP contribution in [0.25, 0.3) is 5.69 Å². The van der Waals surface area contributed by atoms with Crippen LogP contribution in [0.15, 0.2) is 71.5 Å². The third kappa shape index (κ3) is 4.47. The highest BCUT2D eigenvalue weighted by Gasteiger charge is 2.07. The SMILES string of the molecule is Cc1nc(CSc2ccc(C(=O)Nc3ccc(-n4cncn4)cc3)cc2)cs1. The number of anilines is 1. The van der Waals surface area contributed by atoms with E-state index in [1.165, 1.54) is 6.33 Å². The molecule has 1 N–H and O–H groups in total. The van der Waals surface area contributed by atoms with Crippen LogP contribution in [0, 0.1) is 6.92 Å². The molecule has 8 heteroatoms. The predicted molar refractivity (Wildman–Crippen MR) is 112 cm³/mol. The van der Waals surface area contributed by atoms with Gasteiger partial charge in [-0.2, -0.15) is 5.10 Å². The smallest absolute Gasteiger partial charge is 0.255 e. The van der Waals surface area contributed by atoms with E-state index in [0.717, 1.165) is 32.7 Å². The Morgan fingerprint density at radius 2 is 1.93 bits per heavy atom. The molecule has 4 rings (SSSR count). The van der Waals surface area contributed by atoms with Gasteiger partial charge in [0.2, 0.25) is 0 Å². The lowest BCUT2D eigenvalue weighted by Crippen LogP contribution is -2.11. The van der Waals surface area contributed by atoms with Crippen LogP contribution in [-0.4, -0.2) is 25.7 Å². The van der Waals surface area contributed by atoms with Gasteiger partial charge in [-0.3, -0.25) is 4.79 Å². The normalized spacial score (nSPS) is 10.8. The van der Waals surface area contributed by atoms with E-state index >= 15 is 0 Å². The lowest BCUT2D eigenvalue weighted by Gasteiger charge is -2.07. The molecule has 28 heavy (non-hydrogen) atoms. The summed E-state index contributed by atoms with van der Waals surface area (Å²) in [6.07, 6.45) is 3.11. The maximum atomic E-state index is 12.5. The molecule has 0 aliphatic heterocycles. The molecule has 0 saturated carbocycles. The van der Waals surface area contributed by atoms with Crippen LogP contribution in [0.2, 0.25) is 0 Å². The lowest BCUT2D eigenvalue weighted by molar-refractivity contribution is 0.102. The molecule has 0 spiro atoms. The summed E-state index contributed by atoms with van der Waals surface area (Å²) >= 11 is 3.37. The van der Waals surface area contributed by atoms with Gasteiger partial charge in [-0.05, 0) is 55.5 Å². The number of rotatable bonds is 6. The minimum atomic E-state index is -0.139. The van der Waals surface area contributed by atoms with Crippen LogP contribution >= 0.6 is 23.1 Å². The molecule has 140 valence electrons. The minimum Gasteiger partial charge on any atom is -0.322 e. The van der Waals surface area contributed by atoms with Gasteiger partial charge in [0, 0.05) is 27.3 Å². The van der Waals surface area contributed by atoms with Gasteiger partial charge in [-0.15, -0.1) is 23.1 Å². The van der Waals surface area contributed by atoms with Crippen LogP contribution < -0.4 is 5.32 Å². The summed E-state index contributed by atoms with van der Waals surface area (Å²) in [5.74, 6) is 0.689. The second kappa shape index (κ2) is 8.37. The summed E-state index contributed by atoms with van der Waals surface area (Å²) in [7, 11) is 0. The molecule has 0 radical (unpaired) electrons. The highest BCUT2D eigenvalue weighted by Crippen LogP contribution is 2.24. The van der Waals surface area contributed by atoms with E-state index < -0.39 is 0 Å². The molecule has 0 saturated heterocycles. The molecular formula is C20H17N5OS2. The zero-order chi connectivity index (χ0) is 19.3. The van der Waals surface area contributed by atoms with Crippen LogP contribution in [0.5, 0.6) is 0 Å². The summed E-state index contributed by atoms with van der Waals surface area (Å²) in [6, 6.07) is 15.1. The van der Waals surface area contributed by atoms with Gasteiger partial charge < -0.3 is 5.32 Å². The van der Waals surface area contributed by atoms with Crippen molar-refractivity contribution in [1.29, 1.82) is 0 Å². The maximum absolute atomic E-state index is 12.5. The zero-order valence-corrected chi connectivity index (χ0v) is 16.7. The van der Waals surface area contributed by atoms with Crippen LogP contribution in [0.1, 0.15) is 21.1 Å². The van der Waals surface area contributed by atoms with E-state index in [2.05, 4.69) is 25.8 Å². The van der Waals surface area contributed by atoms with Crippen LogP contribution in [0.4, 0.5) is 5.69 Å². The standard InChI is InChI=1S/C20H17N5OS2/c1-14-23-17(10-27-14)11-28-19-8-2-15(3-9-19)20(26)24-16-4-6-18(7-5-16)25-13-21-12-22-25/h2-10,12-13H,11H2,1H3,(H,24,26). The molecule has 4 aromatic rings. The van der Waals surface area contributed by atoms with E-state index in [4.69, 9.17) is 0 Å². The predicted octanol–water partition coefficient (Wildman–Crippen LogP) is 4.58. The number of thiazole rings is 1. The van der Waals surface area contributed by atoms with Gasteiger partial charge in [0.05, 0.1) is 16.4 Å². The Morgan fingerprint density at radius 1 is 1.14 bits per heavy atom. The molecule has 0 fully saturated rings. The first-order valence-electron chi connectivity index (χ1n) is 8.58. The number of hydrogen-bond donors (Lipinski definition) is 1. The topological polar surface area (TPSA) is 72.7 Å². The molecule has 2 aromatic carbocycles. The summed E-state index contributed by atoms with van der Waals surface area (Å²) in [4.78, 5) is 22.0. The Labute approximate surface area is 170 Å². The molecule has 2 aromatic heterocycles. The molecule has 0 aliphatic carbocycles. The first-order valence-corrected chi connectivity index (χ1v) is 10.4. The lowest BCUT2D eigenvalue weighted by atomic mass is 10.2. The number of hydrogen-bond acceptors (Lipinski definition) is 6. The molecule has 2 heterocycles. The van der Waals surface area contributed by atoms with Crippen molar-refractivity contribution in [3.63, 3.8) is 0 Å². The highest BCUT2D eigenvalue weighted by atomic mass is 32.2. The molecule has 1 amide bonds. The number of benzene rings is 2. The number of nitrogens with one attached hydrogen (secondary N) is 1. The second-order valence-corrected chi connectivity index (χ2v) is 8.12. The minimum absolute atomic E-state index is 0.139. The number of nitrogens with zero attached hydrogens (tertiary/aromatic N) is 4. The van der Waals surface area contributed by atoms with Crippen molar-refractivity contribution in [2.45, 2.75) is 17.6 Å². The van der Waals surface area contributed by atoms with Gasteiger partial charge in [-0.1, -0.05) is 0 Å². The Balaban J connectivity index is 1.35. The number of carbonyl (C=O) groups is 1. The van der Waals surface area contributed by atoms with Crippen molar-refractivity contribution in [3.8, 4) is 5.69 Å². The number of carbonyl (C=O) groups excluding carboxylic acids is 1. The van der Waals surface area contributed by atoms with Crippen molar-refractivity contribution in [3.05, 3.63) is 82.8 Å². The summed E-state index contributed by atoms with van der Waals surface area (Å²) < 4.78 is 1.66. The van der Waals surface area contributed by atoms with Crippen LogP contribution in [-0.2, 0) is 5.75 Å². The highest BCUT2D eigenvalue weighted by molar-refractivity contribution is 7.98. The largest absolute Gasteiger partial charge is 0.322 e. The molecular weight excluding hydrogens is 390 g/mol. The molecule has 0 bridgehead atoms. The number of aryl methyl sites for hydroxylation is 1. The Bertz CT molecular complexity index is 1060. The van der Waals surface area contributed by atoms with Crippen molar-refractivity contribution < 1.29 is 4.79 Å². The summed E-state index contributed by atoms with van der Waals surface area (Å²) in [5, 5.41) is 10.2. The van der Waals surface area contributed by atoms with E-state index in [1.807, 2.05) is 55.5 Å². The first kappa shape index (κ1) is 18.4. The molecule has 0 aliphatic rings. The van der Waals surface area contributed by atoms with Crippen LogP contribution in [0.3, 0.4) is 0 Å². The average molecular weight is 408 g/mol. The van der Waals surface area contributed by atoms with E-state index in [-0.39, 0.29) is 5.91 Å².